The summed E-state index contributed by atoms with van der Waals surface area (Å²) >= 11 is 0. The molecule has 0 radical (unpaired) electrons. The molecule has 5 nitrogen and oxygen atoms in total. The van der Waals surface area contributed by atoms with E-state index in [9.17, 15) is 13.6 Å². The van der Waals surface area contributed by atoms with Crippen molar-refractivity contribution in [3.63, 3.8) is 0 Å². The van der Waals surface area contributed by atoms with Crippen LogP contribution in [0.1, 0.15) is 28.2 Å². The van der Waals surface area contributed by atoms with Crippen LogP contribution in [-0.4, -0.2) is 52.2 Å². The topological polar surface area (TPSA) is 41.4 Å². The van der Waals surface area contributed by atoms with E-state index in [-0.39, 0.29) is 17.6 Å². The predicted molar refractivity (Wildman–Crippen MR) is 85.8 cm³/mol. The number of aromatic nitrogens is 2. The Morgan fingerprint density at radius 2 is 2.04 bits per heavy atom. The zero-order valence-electron chi connectivity index (χ0n) is 13.7. The Balaban J connectivity index is 1.67. The molecule has 3 rings (SSSR count). The lowest BCUT2D eigenvalue weighted by atomic mass is 9.94. The minimum Gasteiger partial charge on any atom is -0.339 e. The Kier molecular flexibility index (Phi) is 4.62. The first-order chi connectivity index (χ1) is 11.5. The van der Waals surface area contributed by atoms with Crippen molar-refractivity contribution in [2.75, 3.05) is 20.6 Å². The SMILES string of the molecule is CN(CC1Cc2ccccc2CN1C)C(=O)c1ccn(C(F)F)n1. The second kappa shape index (κ2) is 6.68. The highest BCUT2D eigenvalue weighted by molar-refractivity contribution is 5.92. The van der Waals surface area contributed by atoms with E-state index in [1.165, 1.54) is 17.2 Å². The number of alkyl halides is 2. The van der Waals surface area contributed by atoms with Crippen molar-refractivity contribution in [3.8, 4) is 0 Å². The minimum absolute atomic E-state index is 0.0386. The molecule has 1 aliphatic heterocycles. The van der Waals surface area contributed by atoms with Crippen LogP contribution in [0, 0.1) is 0 Å². The first kappa shape index (κ1) is 16.6. The van der Waals surface area contributed by atoms with Gasteiger partial charge >= 0.3 is 6.55 Å². The van der Waals surface area contributed by atoms with Crippen molar-refractivity contribution in [2.45, 2.75) is 25.6 Å². The molecule has 2 aromatic rings. The molecule has 1 atom stereocenters. The van der Waals surface area contributed by atoms with Crippen molar-refractivity contribution in [1.82, 2.24) is 19.6 Å². The monoisotopic (exact) mass is 334 g/mol. The van der Waals surface area contributed by atoms with Crippen LogP contribution in [0.3, 0.4) is 0 Å². The number of carbonyl (C=O) groups excluding carboxylic acids is 1. The summed E-state index contributed by atoms with van der Waals surface area (Å²) in [4.78, 5) is 16.2. The maximum atomic E-state index is 12.6. The van der Waals surface area contributed by atoms with E-state index < -0.39 is 6.55 Å². The number of benzene rings is 1. The molecule has 0 saturated carbocycles. The maximum absolute atomic E-state index is 12.6. The Bertz CT molecular complexity index is 731. The Morgan fingerprint density at radius 3 is 2.71 bits per heavy atom. The quantitative estimate of drug-likeness (QED) is 0.862. The van der Waals surface area contributed by atoms with E-state index in [2.05, 4.69) is 22.1 Å². The molecule has 7 heteroatoms. The molecule has 1 aliphatic rings. The summed E-state index contributed by atoms with van der Waals surface area (Å²) in [5.74, 6) is -0.346. The van der Waals surface area contributed by atoms with Crippen molar-refractivity contribution in [3.05, 3.63) is 53.3 Å². The summed E-state index contributed by atoms with van der Waals surface area (Å²) in [6.45, 7) is -1.38. The third-order valence-corrected chi connectivity index (χ3v) is 4.48. The molecule has 0 saturated heterocycles. The first-order valence-electron chi connectivity index (χ1n) is 7.81. The fourth-order valence-electron chi connectivity index (χ4n) is 3.08. The molecule has 1 amide bonds. The van der Waals surface area contributed by atoms with Crippen LogP contribution in [0.2, 0.25) is 0 Å². The molecule has 1 unspecified atom stereocenters. The smallest absolute Gasteiger partial charge is 0.333 e. The van der Waals surface area contributed by atoms with E-state index >= 15 is 0 Å². The van der Waals surface area contributed by atoms with Crippen LogP contribution in [0.25, 0.3) is 0 Å². The van der Waals surface area contributed by atoms with Gasteiger partial charge in [0.25, 0.3) is 5.91 Å². The number of carbonyl (C=O) groups is 1. The lowest BCUT2D eigenvalue weighted by Gasteiger charge is -2.36. The number of amides is 1. The van der Waals surface area contributed by atoms with Gasteiger partial charge in [-0.3, -0.25) is 9.69 Å². The summed E-state index contributed by atoms with van der Waals surface area (Å²) in [6.07, 6.45) is 1.98. The predicted octanol–water partition coefficient (Wildman–Crippen LogP) is 2.41. The summed E-state index contributed by atoms with van der Waals surface area (Å²) in [5.41, 5.74) is 2.64. The van der Waals surface area contributed by atoms with Gasteiger partial charge in [0.05, 0.1) is 0 Å². The highest BCUT2D eigenvalue weighted by Gasteiger charge is 2.26. The van der Waals surface area contributed by atoms with Gasteiger partial charge in [0.15, 0.2) is 5.69 Å². The first-order valence-corrected chi connectivity index (χ1v) is 7.81. The molecular weight excluding hydrogens is 314 g/mol. The molecule has 24 heavy (non-hydrogen) atoms. The average Bonchev–Trinajstić information content (AvgIpc) is 3.05. The van der Waals surface area contributed by atoms with Crippen LogP contribution >= 0.6 is 0 Å². The summed E-state index contributed by atoms with van der Waals surface area (Å²) in [5, 5.41) is 3.64. The Hall–Kier alpha value is -2.28. The molecule has 2 heterocycles. The number of nitrogens with zero attached hydrogens (tertiary/aromatic N) is 4. The number of hydrogen-bond donors (Lipinski definition) is 0. The minimum atomic E-state index is -2.74. The van der Waals surface area contributed by atoms with Gasteiger partial charge in [0.2, 0.25) is 0 Å². The lowest BCUT2D eigenvalue weighted by molar-refractivity contribution is 0.0550. The Morgan fingerprint density at radius 1 is 1.33 bits per heavy atom. The largest absolute Gasteiger partial charge is 0.339 e. The number of rotatable bonds is 4. The van der Waals surface area contributed by atoms with E-state index in [0.29, 0.717) is 11.2 Å². The van der Waals surface area contributed by atoms with Crippen LogP contribution in [0.5, 0.6) is 0 Å². The van der Waals surface area contributed by atoms with Gasteiger partial charge in [-0.25, -0.2) is 4.68 Å². The average molecular weight is 334 g/mol. The van der Waals surface area contributed by atoms with E-state index in [1.807, 2.05) is 19.2 Å². The van der Waals surface area contributed by atoms with Crippen molar-refractivity contribution in [2.24, 2.45) is 0 Å². The number of likely N-dealkylation sites (N-methyl/N-ethyl adjacent to an activating group) is 2. The standard InChI is InChI=1S/C17H20F2N4O/c1-21-10-13-6-4-3-5-12(13)9-14(21)11-22(2)16(24)15-7-8-23(20-15)17(18)19/h3-8,14,17H,9-11H2,1-2H3. The lowest BCUT2D eigenvalue weighted by Crippen LogP contribution is -2.46. The fourth-order valence-corrected chi connectivity index (χ4v) is 3.08. The molecule has 0 N–H and O–H groups in total. The van der Waals surface area contributed by atoms with E-state index in [1.54, 1.807) is 11.9 Å². The Labute approximate surface area is 139 Å². The summed E-state index contributed by atoms with van der Waals surface area (Å²) in [7, 11) is 3.71. The fraction of sp³-hybridized carbons (Fsp3) is 0.412. The van der Waals surface area contributed by atoms with E-state index in [0.717, 1.165) is 19.2 Å². The maximum Gasteiger partial charge on any atom is 0.333 e. The van der Waals surface area contributed by atoms with Crippen LogP contribution in [0.15, 0.2) is 36.5 Å². The number of hydrogen-bond acceptors (Lipinski definition) is 3. The van der Waals surface area contributed by atoms with Gasteiger partial charge in [-0.05, 0) is 30.7 Å². The third kappa shape index (κ3) is 3.31. The second-order valence-electron chi connectivity index (χ2n) is 6.19. The second-order valence-corrected chi connectivity index (χ2v) is 6.19. The van der Waals surface area contributed by atoms with Gasteiger partial charge in [-0.1, -0.05) is 24.3 Å². The van der Waals surface area contributed by atoms with Gasteiger partial charge in [-0.2, -0.15) is 13.9 Å². The van der Waals surface area contributed by atoms with Crippen molar-refractivity contribution >= 4 is 5.91 Å². The van der Waals surface area contributed by atoms with Crippen molar-refractivity contribution < 1.29 is 13.6 Å². The molecular formula is C17H20F2N4O. The van der Waals surface area contributed by atoms with Crippen LogP contribution in [0.4, 0.5) is 8.78 Å². The third-order valence-electron chi connectivity index (χ3n) is 4.48. The van der Waals surface area contributed by atoms with Crippen molar-refractivity contribution in [1.29, 1.82) is 0 Å². The zero-order chi connectivity index (χ0) is 17.3. The molecule has 0 bridgehead atoms. The van der Waals surface area contributed by atoms with Gasteiger partial charge < -0.3 is 4.90 Å². The highest BCUT2D eigenvalue weighted by Crippen LogP contribution is 2.22. The van der Waals surface area contributed by atoms with E-state index in [4.69, 9.17) is 0 Å². The normalized spacial score (nSPS) is 17.8. The summed E-state index contributed by atoms with van der Waals surface area (Å²) in [6, 6.07) is 9.79. The molecule has 0 aliphatic carbocycles. The van der Waals surface area contributed by atoms with Gasteiger partial charge in [0.1, 0.15) is 0 Å². The van der Waals surface area contributed by atoms with Gasteiger partial charge in [-0.15, -0.1) is 0 Å². The summed E-state index contributed by atoms with van der Waals surface area (Å²) < 4.78 is 25.6. The molecule has 128 valence electrons. The number of halogens is 2. The highest BCUT2D eigenvalue weighted by atomic mass is 19.3. The molecule has 1 aromatic carbocycles. The van der Waals surface area contributed by atoms with Crippen LogP contribution < -0.4 is 0 Å². The van der Waals surface area contributed by atoms with Gasteiger partial charge in [0, 0.05) is 32.4 Å². The molecule has 0 spiro atoms. The molecule has 0 fully saturated rings. The zero-order valence-corrected chi connectivity index (χ0v) is 13.7. The number of fused-ring (bicyclic) bond motifs is 1. The van der Waals surface area contributed by atoms with Crippen LogP contribution in [-0.2, 0) is 13.0 Å². The molecule has 1 aromatic heterocycles.